The standard InChI is InChI=1S/C47H39N2O2.Pt/c1-46(2,3)34-26-38(43-40(27-34)36(23-24-48-43)30-15-8-6-9-16-30)31-17-14-18-32(25-31)39-28-35(47(4,5)33-19-10-7-11-20-33)29-42-44(39)49-45(51-42)37-21-12-13-22-41(37)50;/h6-24,26-29,50H,1-5H3;/q-1;. The molecule has 0 bridgehead atoms. The summed E-state index contributed by atoms with van der Waals surface area (Å²) in [5.74, 6) is 0.494. The number of rotatable bonds is 6. The molecule has 8 aromatic rings. The van der Waals surface area contributed by atoms with Gasteiger partial charge in [-0.2, -0.15) is 0 Å². The number of pyridine rings is 1. The van der Waals surface area contributed by atoms with E-state index < -0.39 is 0 Å². The van der Waals surface area contributed by atoms with Crippen molar-refractivity contribution < 1.29 is 30.6 Å². The fourth-order valence-corrected chi connectivity index (χ4v) is 6.93. The second-order valence-corrected chi connectivity index (χ2v) is 14.8. The Morgan fingerprint density at radius 1 is 0.577 bits per heavy atom. The molecule has 2 heterocycles. The van der Waals surface area contributed by atoms with Crippen molar-refractivity contribution in [3.05, 3.63) is 162 Å². The van der Waals surface area contributed by atoms with E-state index in [1.807, 2.05) is 30.5 Å². The average Bonchev–Trinajstić information content (AvgIpc) is 3.58. The van der Waals surface area contributed by atoms with Crippen LogP contribution in [0.2, 0.25) is 0 Å². The van der Waals surface area contributed by atoms with Crippen LogP contribution >= 0.6 is 0 Å². The van der Waals surface area contributed by atoms with Crippen molar-refractivity contribution >= 4 is 22.0 Å². The summed E-state index contributed by atoms with van der Waals surface area (Å²) in [6.07, 6.45) is 1.91. The van der Waals surface area contributed by atoms with Gasteiger partial charge in [-0.3, -0.25) is 4.98 Å². The van der Waals surface area contributed by atoms with Crippen LogP contribution in [0, 0.1) is 6.07 Å². The molecule has 0 amide bonds. The summed E-state index contributed by atoms with van der Waals surface area (Å²) in [6, 6.07) is 49.3. The van der Waals surface area contributed by atoms with Crippen LogP contribution in [-0.2, 0) is 31.9 Å². The number of para-hydroxylation sites is 1. The van der Waals surface area contributed by atoms with Crippen LogP contribution < -0.4 is 0 Å². The minimum Gasteiger partial charge on any atom is -0.507 e. The number of oxazole rings is 1. The van der Waals surface area contributed by atoms with Gasteiger partial charge in [0.15, 0.2) is 0 Å². The third-order valence-electron chi connectivity index (χ3n) is 10.0. The molecule has 5 heteroatoms. The first-order valence-corrected chi connectivity index (χ1v) is 17.4. The van der Waals surface area contributed by atoms with E-state index in [4.69, 9.17) is 14.4 Å². The number of phenols is 1. The van der Waals surface area contributed by atoms with Crippen molar-refractivity contribution in [3.8, 4) is 50.6 Å². The van der Waals surface area contributed by atoms with Crippen LogP contribution in [0.15, 0.2) is 144 Å². The maximum atomic E-state index is 10.7. The van der Waals surface area contributed by atoms with Gasteiger partial charge in [0.25, 0.3) is 0 Å². The maximum Gasteiger partial charge on any atom is 0.230 e. The summed E-state index contributed by atoms with van der Waals surface area (Å²) in [5.41, 5.74) is 12.0. The molecule has 0 aliphatic heterocycles. The van der Waals surface area contributed by atoms with Gasteiger partial charge in [0.1, 0.15) is 11.3 Å². The van der Waals surface area contributed by atoms with Gasteiger partial charge in [0, 0.05) is 43.6 Å². The topological polar surface area (TPSA) is 59.2 Å². The zero-order valence-electron chi connectivity index (χ0n) is 29.8. The summed E-state index contributed by atoms with van der Waals surface area (Å²) in [7, 11) is 0. The van der Waals surface area contributed by atoms with E-state index in [0.29, 0.717) is 22.6 Å². The molecule has 0 radical (unpaired) electrons. The molecule has 6 aromatic carbocycles. The first-order chi connectivity index (χ1) is 24.6. The molecular formula is C47H39N2O2Pt-. The van der Waals surface area contributed by atoms with Gasteiger partial charge in [0.2, 0.25) is 5.89 Å². The Bertz CT molecular complexity index is 2550. The first kappa shape index (κ1) is 35.1. The van der Waals surface area contributed by atoms with E-state index in [-0.39, 0.29) is 37.6 Å². The normalized spacial score (nSPS) is 11.9. The van der Waals surface area contributed by atoms with Crippen molar-refractivity contribution in [2.75, 3.05) is 0 Å². The van der Waals surface area contributed by atoms with Gasteiger partial charge < -0.3 is 9.52 Å². The number of hydrogen-bond donors (Lipinski definition) is 1. The smallest absolute Gasteiger partial charge is 0.230 e. The predicted molar refractivity (Wildman–Crippen MR) is 209 cm³/mol. The maximum absolute atomic E-state index is 10.7. The molecule has 0 saturated heterocycles. The van der Waals surface area contributed by atoms with E-state index in [0.717, 1.165) is 49.8 Å². The van der Waals surface area contributed by atoms with Crippen molar-refractivity contribution in [2.45, 2.75) is 45.4 Å². The molecule has 0 fully saturated rings. The summed E-state index contributed by atoms with van der Waals surface area (Å²) in [5, 5.41) is 11.8. The molecule has 0 saturated carbocycles. The van der Waals surface area contributed by atoms with Crippen molar-refractivity contribution in [1.29, 1.82) is 0 Å². The van der Waals surface area contributed by atoms with E-state index >= 15 is 0 Å². The Labute approximate surface area is 319 Å². The summed E-state index contributed by atoms with van der Waals surface area (Å²) < 4.78 is 6.45. The minimum absolute atomic E-state index is 0. The van der Waals surface area contributed by atoms with Crippen LogP contribution in [0.3, 0.4) is 0 Å². The largest absolute Gasteiger partial charge is 0.507 e. The SMILES string of the molecule is CC(C)(C)c1cc(-c2[c-]c(-c3cc(C(C)(C)c4ccccc4)cc4oc(-c5ccccc5O)nc34)ccc2)c2nccc(-c3ccccc3)c2c1.[Pt]. The predicted octanol–water partition coefficient (Wildman–Crippen LogP) is 12.2. The number of nitrogens with zero attached hydrogens (tertiary/aromatic N) is 2. The molecule has 0 atom stereocenters. The van der Waals surface area contributed by atoms with E-state index in [1.165, 1.54) is 11.1 Å². The molecule has 52 heavy (non-hydrogen) atoms. The summed E-state index contributed by atoms with van der Waals surface area (Å²) >= 11 is 0. The Hall–Kier alpha value is -5.31. The molecule has 0 aliphatic rings. The quantitative estimate of drug-likeness (QED) is 0.169. The summed E-state index contributed by atoms with van der Waals surface area (Å²) in [6.45, 7) is 11.2. The van der Waals surface area contributed by atoms with E-state index in [1.54, 1.807) is 12.1 Å². The number of aromatic hydroxyl groups is 1. The molecule has 8 rings (SSSR count). The van der Waals surface area contributed by atoms with Crippen LogP contribution in [0.5, 0.6) is 5.75 Å². The average molecular weight is 859 g/mol. The zero-order chi connectivity index (χ0) is 35.3. The van der Waals surface area contributed by atoms with Crippen molar-refractivity contribution in [3.63, 3.8) is 0 Å². The Balaban J connectivity index is 0.00000420. The fraction of sp³-hybridized carbons (Fsp3) is 0.149. The van der Waals surface area contributed by atoms with E-state index in [9.17, 15) is 5.11 Å². The minimum atomic E-state index is -0.335. The number of phenolic OH excluding ortho intramolecular Hbond substituents is 1. The van der Waals surface area contributed by atoms with Crippen molar-refractivity contribution in [2.24, 2.45) is 0 Å². The number of aromatic nitrogens is 2. The molecule has 1 N–H and O–H groups in total. The van der Waals surface area contributed by atoms with Crippen LogP contribution in [0.25, 0.3) is 66.8 Å². The molecule has 2 aromatic heterocycles. The molecule has 0 spiro atoms. The Morgan fingerprint density at radius 3 is 1.90 bits per heavy atom. The zero-order valence-corrected chi connectivity index (χ0v) is 32.1. The first-order valence-electron chi connectivity index (χ1n) is 17.4. The fourth-order valence-electron chi connectivity index (χ4n) is 6.93. The van der Waals surface area contributed by atoms with Crippen molar-refractivity contribution in [1.82, 2.24) is 9.97 Å². The van der Waals surface area contributed by atoms with Gasteiger partial charge in [-0.1, -0.05) is 131 Å². The van der Waals surface area contributed by atoms with Gasteiger partial charge >= 0.3 is 0 Å². The number of benzene rings is 6. The number of hydrogen-bond acceptors (Lipinski definition) is 4. The van der Waals surface area contributed by atoms with E-state index in [2.05, 4.69) is 138 Å². The molecular weight excluding hydrogens is 820 g/mol. The molecule has 4 nitrogen and oxygen atoms in total. The Morgan fingerprint density at radius 2 is 1.21 bits per heavy atom. The number of fused-ring (bicyclic) bond motifs is 2. The molecule has 0 aliphatic carbocycles. The monoisotopic (exact) mass is 858 g/mol. The van der Waals surface area contributed by atoms with Gasteiger partial charge in [-0.25, -0.2) is 4.98 Å². The van der Waals surface area contributed by atoms with Crippen LogP contribution in [0.4, 0.5) is 0 Å². The second-order valence-electron chi connectivity index (χ2n) is 14.8. The van der Waals surface area contributed by atoms with Gasteiger partial charge in [0.05, 0.1) is 11.1 Å². The van der Waals surface area contributed by atoms with Gasteiger partial charge in [-0.05, 0) is 63.6 Å². The second kappa shape index (κ2) is 13.7. The Kier molecular flexibility index (Phi) is 9.23. The van der Waals surface area contributed by atoms with Crippen LogP contribution in [-0.4, -0.2) is 15.1 Å². The third-order valence-corrected chi connectivity index (χ3v) is 10.0. The summed E-state index contributed by atoms with van der Waals surface area (Å²) in [4.78, 5) is 9.97. The molecule has 260 valence electrons. The van der Waals surface area contributed by atoms with Crippen LogP contribution in [0.1, 0.15) is 51.3 Å². The van der Waals surface area contributed by atoms with Gasteiger partial charge in [-0.15, -0.1) is 35.4 Å². The molecule has 0 unspecified atom stereocenters. The third kappa shape index (κ3) is 6.37.